The van der Waals surface area contributed by atoms with Crippen molar-refractivity contribution in [2.75, 3.05) is 0 Å². The number of hydrogen-bond acceptors (Lipinski definition) is 3. The van der Waals surface area contributed by atoms with Crippen LogP contribution in [-0.4, -0.2) is 12.9 Å². The molecule has 0 amide bonds. The number of carbonyl (C=O) groups is 1. The molecule has 0 bridgehead atoms. The highest BCUT2D eigenvalue weighted by molar-refractivity contribution is 5.95. The van der Waals surface area contributed by atoms with Crippen molar-refractivity contribution in [3.8, 4) is 22.3 Å². The minimum atomic E-state index is 0.645. The Balaban J connectivity index is 0.000000514. The van der Waals surface area contributed by atoms with Gasteiger partial charge >= 0.3 is 0 Å². The van der Waals surface area contributed by atoms with Gasteiger partial charge in [0.15, 0.2) is 0 Å². The summed E-state index contributed by atoms with van der Waals surface area (Å²) >= 11 is 0. The lowest BCUT2D eigenvalue weighted by atomic mass is 9.83. The molecule has 2 aliphatic carbocycles. The molecule has 0 saturated carbocycles. The van der Waals surface area contributed by atoms with Gasteiger partial charge in [0.25, 0.3) is 0 Å². The van der Waals surface area contributed by atoms with Crippen molar-refractivity contribution in [3.05, 3.63) is 42.5 Å². The van der Waals surface area contributed by atoms with Crippen LogP contribution in [-0.2, 0) is 9.59 Å². The zero-order valence-corrected chi connectivity index (χ0v) is 9.01. The number of benzene rings is 2. The lowest BCUT2D eigenvalue weighted by Crippen LogP contribution is -1.95. The van der Waals surface area contributed by atoms with Gasteiger partial charge in [-0.15, -0.1) is 0 Å². The summed E-state index contributed by atoms with van der Waals surface area (Å²) in [5, 5.41) is 0. The average Bonchev–Trinajstić information content (AvgIpc) is 2.37. The largest absolute Gasteiger partial charge is 0.307 e. The maximum atomic E-state index is 10.0. The molecule has 0 aliphatic heterocycles. The van der Waals surface area contributed by atoms with Crippen molar-refractivity contribution >= 4 is 18.6 Å². The molecule has 0 spiro atoms. The van der Waals surface area contributed by atoms with E-state index < -0.39 is 0 Å². The predicted octanol–water partition coefficient (Wildman–Crippen LogP) is 3.12. The summed E-state index contributed by atoms with van der Waals surface area (Å²) < 4.78 is 0. The second-order valence-electron chi connectivity index (χ2n) is 3.51. The van der Waals surface area contributed by atoms with E-state index in [-0.39, 0.29) is 0 Å². The topological polar surface area (TPSA) is 46.5 Å². The van der Waals surface area contributed by atoms with E-state index in [9.17, 15) is 4.79 Å². The van der Waals surface area contributed by atoms with Crippen molar-refractivity contribution in [2.24, 2.45) is 4.99 Å². The third-order valence-corrected chi connectivity index (χ3v) is 2.68. The van der Waals surface area contributed by atoms with Crippen molar-refractivity contribution in [1.82, 2.24) is 0 Å². The first-order valence-electron chi connectivity index (χ1n) is 5.00. The zero-order chi connectivity index (χ0) is 12.3. The van der Waals surface area contributed by atoms with Crippen LogP contribution in [0.25, 0.3) is 22.3 Å². The number of nitrogens with zero attached hydrogens (tertiary/aromatic N) is 1. The molecule has 3 heteroatoms. The molecule has 0 unspecified atom stereocenters. The summed E-state index contributed by atoms with van der Waals surface area (Å²) in [6, 6.07) is 14.0. The fourth-order valence-corrected chi connectivity index (χ4v) is 1.80. The maximum absolute atomic E-state index is 10.0. The van der Waals surface area contributed by atoms with E-state index in [2.05, 4.69) is 23.2 Å². The number of rotatable bonds is 2. The molecule has 1 aromatic rings. The van der Waals surface area contributed by atoms with Crippen LogP contribution in [0.2, 0.25) is 0 Å². The van der Waals surface area contributed by atoms with E-state index in [0.29, 0.717) is 5.69 Å². The van der Waals surface area contributed by atoms with Gasteiger partial charge in [-0.25, -0.2) is 4.79 Å². The fourth-order valence-electron chi connectivity index (χ4n) is 1.80. The molecule has 0 radical (unpaired) electrons. The van der Waals surface area contributed by atoms with Crippen LogP contribution >= 0.6 is 0 Å². The first-order valence-corrected chi connectivity index (χ1v) is 5.00. The smallest absolute Gasteiger partial charge is 0.240 e. The molecule has 1 aromatic carbocycles. The van der Waals surface area contributed by atoms with E-state index in [0.717, 1.165) is 0 Å². The molecule has 0 N–H and O–H groups in total. The molecular formula is C14H9NO2. The quantitative estimate of drug-likeness (QED) is 0.495. The van der Waals surface area contributed by atoms with Crippen molar-refractivity contribution in [1.29, 1.82) is 0 Å². The second-order valence-corrected chi connectivity index (χ2v) is 3.51. The van der Waals surface area contributed by atoms with Crippen LogP contribution in [0.15, 0.2) is 47.5 Å². The predicted molar refractivity (Wildman–Crippen MR) is 65.8 cm³/mol. The Morgan fingerprint density at radius 1 is 0.882 bits per heavy atom. The fraction of sp³-hybridized carbons (Fsp3) is 0. The number of hydrogen-bond donors (Lipinski definition) is 0. The van der Waals surface area contributed by atoms with Crippen molar-refractivity contribution < 1.29 is 9.59 Å². The van der Waals surface area contributed by atoms with Gasteiger partial charge in [-0.1, -0.05) is 24.3 Å². The molecule has 3 rings (SSSR count). The minimum absolute atomic E-state index is 0.645. The summed E-state index contributed by atoms with van der Waals surface area (Å²) in [6.45, 7) is 2.00. The third-order valence-electron chi connectivity index (χ3n) is 2.68. The highest BCUT2D eigenvalue weighted by atomic mass is 16.1. The number of aliphatic imine (C=N–C) groups is 1. The number of fused-ring (bicyclic) bond motifs is 1. The third kappa shape index (κ3) is 1.80. The van der Waals surface area contributed by atoms with Crippen molar-refractivity contribution in [2.45, 2.75) is 0 Å². The highest BCUT2D eigenvalue weighted by Crippen LogP contribution is 2.43. The number of carbonyl (C=O) groups excluding carboxylic acids is 2. The first kappa shape index (κ1) is 11.0. The van der Waals surface area contributed by atoms with Crippen molar-refractivity contribution in [3.63, 3.8) is 0 Å². The Hall–Kier alpha value is -2.51. The van der Waals surface area contributed by atoms with Crippen LogP contribution in [0.1, 0.15) is 0 Å². The monoisotopic (exact) mass is 223 g/mol. The van der Waals surface area contributed by atoms with Crippen LogP contribution in [0, 0.1) is 0 Å². The van der Waals surface area contributed by atoms with Crippen LogP contribution in [0.5, 0.6) is 0 Å². The lowest BCUT2D eigenvalue weighted by Gasteiger charge is -2.21. The maximum Gasteiger partial charge on any atom is 0.240 e. The Labute approximate surface area is 98.4 Å². The highest BCUT2D eigenvalue weighted by Gasteiger charge is 2.17. The average molecular weight is 223 g/mol. The molecular weight excluding hydrogens is 214 g/mol. The van der Waals surface area contributed by atoms with Crippen LogP contribution in [0.3, 0.4) is 0 Å². The van der Waals surface area contributed by atoms with Gasteiger partial charge in [0.2, 0.25) is 6.08 Å². The van der Waals surface area contributed by atoms with Gasteiger partial charge in [-0.2, -0.15) is 4.99 Å². The first-order chi connectivity index (χ1) is 8.38. The van der Waals surface area contributed by atoms with E-state index in [1.807, 2.05) is 31.1 Å². The summed E-state index contributed by atoms with van der Waals surface area (Å²) in [4.78, 5) is 21.6. The molecule has 3 nitrogen and oxygen atoms in total. The van der Waals surface area contributed by atoms with Gasteiger partial charge in [-0.05, 0) is 40.5 Å². The van der Waals surface area contributed by atoms with E-state index in [4.69, 9.17) is 4.79 Å². The molecule has 0 saturated heterocycles. The molecule has 0 heterocycles. The van der Waals surface area contributed by atoms with Gasteiger partial charge in [0.1, 0.15) is 6.79 Å². The lowest BCUT2D eigenvalue weighted by molar-refractivity contribution is -0.0979. The second kappa shape index (κ2) is 4.56. The molecule has 0 aromatic heterocycles. The van der Waals surface area contributed by atoms with Crippen LogP contribution in [0.4, 0.5) is 5.69 Å². The van der Waals surface area contributed by atoms with Crippen LogP contribution < -0.4 is 0 Å². The molecule has 2 aliphatic rings. The summed E-state index contributed by atoms with van der Waals surface area (Å²) in [7, 11) is 0. The Bertz CT molecular complexity index is 596. The summed E-state index contributed by atoms with van der Waals surface area (Å²) in [5.41, 5.74) is 5.76. The van der Waals surface area contributed by atoms with Gasteiger partial charge < -0.3 is 4.79 Å². The molecule has 82 valence electrons. The Kier molecular flexibility index (Phi) is 2.95. The Morgan fingerprint density at radius 2 is 1.53 bits per heavy atom. The molecule has 0 fully saturated rings. The van der Waals surface area contributed by atoms with Gasteiger partial charge in [-0.3, -0.25) is 0 Å². The number of isocyanates is 1. The van der Waals surface area contributed by atoms with E-state index >= 15 is 0 Å². The van der Waals surface area contributed by atoms with E-state index in [1.54, 1.807) is 0 Å². The molecule has 0 atom stereocenters. The molecule has 17 heavy (non-hydrogen) atoms. The normalized spacial score (nSPS) is 9.65. The summed E-state index contributed by atoms with van der Waals surface area (Å²) in [6.07, 6.45) is 1.53. The Morgan fingerprint density at radius 3 is 1.94 bits per heavy atom. The van der Waals surface area contributed by atoms with Gasteiger partial charge in [0.05, 0.1) is 5.69 Å². The standard InChI is InChI=1S/C13H7NO.CH2O/c15-8-14-11-4-1-9(2-5-11)13-7-10-3-6-12(10)13;1-2/h1-7H;1H2. The zero-order valence-electron chi connectivity index (χ0n) is 9.01. The van der Waals surface area contributed by atoms with Gasteiger partial charge in [0, 0.05) is 0 Å². The minimum Gasteiger partial charge on any atom is -0.307 e. The SMILES string of the molecule is C=O.O=C=Nc1ccc(-c2cc3ccc2-3)cc1. The van der Waals surface area contributed by atoms with E-state index in [1.165, 1.54) is 28.3 Å². The summed E-state index contributed by atoms with van der Waals surface area (Å²) in [5.74, 6) is 0.